The average molecular weight is 264 g/mol. The molecule has 0 saturated heterocycles. The predicted molar refractivity (Wildman–Crippen MR) is 70.6 cm³/mol. The number of carbonyl (C=O) groups excluding carboxylic acids is 1. The Hall–Kier alpha value is -1.75. The number of carbonyl (C=O) groups is 1. The largest absolute Gasteiger partial charge is 0.378 e. The Morgan fingerprint density at radius 3 is 2.89 bits per heavy atom. The van der Waals surface area contributed by atoms with Crippen LogP contribution < -0.4 is 5.32 Å². The first kappa shape index (κ1) is 12.7. The van der Waals surface area contributed by atoms with Gasteiger partial charge < -0.3 is 5.32 Å². The van der Waals surface area contributed by atoms with Crippen molar-refractivity contribution in [2.75, 3.05) is 5.32 Å². The summed E-state index contributed by atoms with van der Waals surface area (Å²) in [5.74, 6) is -0.248. The highest BCUT2D eigenvalue weighted by molar-refractivity contribution is 7.13. The maximum absolute atomic E-state index is 13.0. The summed E-state index contributed by atoms with van der Waals surface area (Å²) in [6, 6.07) is 6.25. The van der Waals surface area contributed by atoms with Gasteiger partial charge in [0.2, 0.25) is 0 Å². The van der Waals surface area contributed by atoms with Crippen molar-refractivity contribution in [3.8, 4) is 0 Å². The van der Waals surface area contributed by atoms with Crippen LogP contribution in [-0.4, -0.2) is 10.8 Å². The van der Waals surface area contributed by atoms with Gasteiger partial charge in [0.15, 0.2) is 5.78 Å². The molecule has 1 aromatic carbocycles. The van der Waals surface area contributed by atoms with Gasteiger partial charge in [-0.3, -0.25) is 4.79 Å². The van der Waals surface area contributed by atoms with Crippen molar-refractivity contribution in [3.05, 3.63) is 45.7 Å². The molecule has 2 rings (SSSR count). The number of nitrogens with zero attached hydrogens (tertiary/aromatic N) is 1. The zero-order valence-corrected chi connectivity index (χ0v) is 11.0. The number of Topliss-reactive ketones (excluding diaryl/α,β-unsaturated/α-hetero) is 1. The van der Waals surface area contributed by atoms with Crippen LogP contribution >= 0.6 is 11.3 Å². The summed E-state index contributed by atoms with van der Waals surface area (Å²) in [4.78, 5) is 16.3. The normalized spacial score (nSPS) is 10.4. The minimum absolute atomic E-state index is 0.0296. The van der Waals surface area contributed by atoms with Crippen LogP contribution in [0.1, 0.15) is 27.3 Å². The molecule has 0 spiro atoms. The van der Waals surface area contributed by atoms with Crippen LogP contribution in [0.25, 0.3) is 0 Å². The van der Waals surface area contributed by atoms with E-state index in [1.54, 1.807) is 12.1 Å². The third kappa shape index (κ3) is 2.92. The Labute approximate surface area is 109 Å². The molecule has 1 N–H and O–H groups in total. The van der Waals surface area contributed by atoms with E-state index in [0.717, 1.165) is 10.7 Å². The second kappa shape index (κ2) is 5.27. The highest BCUT2D eigenvalue weighted by Gasteiger charge is 2.10. The van der Waals surface area contributed by atoms with Gasteiger partial charge in [0, 0.05) is 12.6 Å². The molecule has 5 heteroatoms. The maximum atomic E-state index is 13.0. The standard InChI is InChI=1S/C13H13FN2OS/c1-8-13(9(2)17)18-12(16-8)7-15-11-5-3-4-10(14)6-11/h3-6,15H,7H2,1-2H3. The third-order valence-electron chi connectivity index (χ3n) is 2.43. The number of aryl methyl sites for hydroxylation is 1. The minimum Gasteiger partial charge on any atom is -0.378 e. The smallest absolute Gasteiger partial charge is 0.171 e. The predicted octanol–water partition coefficient (Wildman–Crippen LogP) is 3.41. The van der Waals surface area contributed by atoms with E-state index in [-0.39, 0.29) is 11.6 Å². The molecule has 0 atom stereocenters. The number of anilines is 1. The Morgan fingerprint density at radius 1 is 1.50 bits per heavy atom. The summed E-state index contributed by atoms with van der Waals surface area (Å²) >= 11 is 1.37. The summed E-state index contributed by atoms with van der Waals surface area (Å²) in [6.45, 7) is 3.84. The van der Waals surface area contributed by atoms with E-state index in [0.29, 0.717) is 17.1 Å². The lowest BCUT2D eigenvalue weighted by atomic mass is 10.3. The maximum Gasteiger partial charge on any atom is 0.171 e. The van der Waals surface area contributed by atoms with Gasteiger partial charge in [-0.15, -0.1) is 11.3 Å². The second-order valence-electron chi connectivity index (χ2n) is 3.94. The topological polar surface area (TPSA) is 42.0 Å². The molecule has 0 aliphatic heterocycles. The van der Waals surface area contributed by atoms with Crippen molar-refractivity contribution in [2.24, 2.45) is 0 Å². The number of hydrogen-bond donors (Lipinski definition) is 1. The molecule has 18 heavy (non-hydrogen) atoms. The Balaban J connectivity index is 2.06. The lowest BCUT2D eigenvalue weighted by Gasteiger charge is -2.03. The van der Waals surface area contributed by atoms with Crippen molar-refractivity contribution in [3.63, 3.8) is 0 Å². The molecule has 0 aliphatic carbocycles. The number of halogens is 1. The molecule has 3 nitrogen and oxygen atoms in total. The van der Waals surface area contributed by atoms with Crippen LogP contribution in [0.5, 0.6) is 0 Å². The van der Waals surface area contributed by atoms with Crippen molar-refractivity contribution in [1.82, 2.24) is 4.98 Å². The average Bonchev–Trinajstić information content (AvgIpc) is 2.68. The number of nitrogens with one attached hydrogen (secondary N) is 1. The van der Waals surface area contributed by atoms with E-state index in [1.165, 1.54) is 30.4 Å². The third-order valence-corrected chi connectivity index (χ3v) is 3.69. The number of rotatable bonds is 4. The minimum atomic E-state index is -0.278. The molecule has 1 heterocycles. The van der Waals surface area contributed by atoms with Gasteiger partial charge in [-0.25, -0.2) is 9.37 Å². The highest BCUT2D eigenvalue weighted by Crippen LogP contribution is 2.20. The van der Waals surface area contributed by atoms with Crippen LogP contribution in [-0.2, 0) is 6.54 Å². The second-order valence-corrected chi connectivity index (χ2v) is 5.03. The molecular weight excluding hydrogens is 251 g/mol. The zero-order valence-electron chi connectivity index (χ0n) is 10.2. The summed E-state index contributed by atoms with van der Waals surface area (Å²) in [5, 5.41) is 3.90. The molecule has 0 bridgehead atoms. The summed E-state index contributed by atoms with van der Waals surface area (Å²) in [5.41, 5.74) is 1.45. The molecule has 0 radical (unpaired) electrons. The monoisotopic (exact) mass is 264 g/mol. The number of thiazole rings is 1. The molecule has 0 unspecified atom stereocenters. The first-order chi connectivity index (χ1) is 8.56. The SMILES string of the molecule is CC(=O)c1sc(CNc2cccc(F)c2)nc1C. The zero-order chi connectivity index (χ0) is 13.1. The molecule has 0 amide bonds. The Kier molecular flexibility index (Phi) is 3.72. The van der Waals surface area contributed by atoms with Crippen LogP contribution in [0, 0.1) is 12.7 Å². The first-order valence-corrected chi connectivity index (χ1v) is 6.34. The number of aromatic nitrogens is 1. The van der Waals surface area contributed by atoms with E-state index in [9.17, 15) is 9.18 Å². The van der Waals surface area contributed by atoms with Crippen molar-refractivity contribution < 1.29 is 9.18 Å². The van der Waals surface area contributed by atoms with Crippen LogP contribution in [0.4, 0.5) is 10.1 Å². The van der Waals surface area contributed by atoms with Gasteiger partial charge in [-0.2, -0.15) is 0 Å². The van der Waals surface area contributed by atoms with E-state index in [1.807, 2.05) is 6.92 Å². The molecular formula is C13H13FN2OS. The molecule has 0 saturated carbocycles. The van der Waals surface area contributed by atoms with Crippen LogP contribution in [0.2, 0.25) is 0 Å². The van der Waals surface area contributed by atoms with Crippen molar-refractivity contribution in [1.29, 1.82) is 0 Å². The summed E-state index contributed by atoms with van der Waals surface area (Å²) < 4.78 is 13.0. The molecule has 0 aliphatic rings. The fourth-order valence-electron chi connectivity index (χ4n) is 1.63. The molecule has 1 aromatic heterocycles. The summed E-state index contributed by atoms with van der Waals surface area (Å²) in [6.07, 6.45) is 0. The van der Waals surface area contributed by atoms with Crippen LogP contribution in [0.15, 0.2) is 24.3 Å². The quantitative estimate of drug-likeness (QED) is 0.860. The molecule has 0 fully saturated rings. The molecule has 2 aromatic rings. The van der Waals surface area contributed by atoms with E-state index >= 15 is 0 Å². The van der Waals surface area contributed by atoms with Crippen LogP contribution in [0.3, 0.4) is 0 Å². The number of benzene rings is 1. The fourth-order valence-corrected chi connectivity index (χ4v) is 2.53. The highest BCUT2D eigenvalue weighted by atomic mass is 32.1. The van der Waals surface area contributed by atoms with Gasteiger partial charge in [-0.1, -0.05) is 6.07 Å². The van der Waals surface area contributed by atoms with Gasteiger partial charge in [0.25, 0.3) is 0 Å². The number of ketones is 1. The van der Waals surface area contributed by atoms with Crippen molar-refractivity contribution in [2.45, 2.75) is 20.4 Å². The van der Waals surface area contributed by atoms with Gasteiger partial charge in [-0.05, 0) is 25.1 Å². The lowest BCUT2D eigenvalue weighted by Crippen LogP contribution is -1.98. The van der Waals surface area contributed by atoms with Crippen molar-refractivity contribution >= 4 is 22.8 Å². The van der Waals surface area contributed by atoms with Gasteiger partial charge in [0.1, 0.15) is 10.8 Å². The van der Waals surface area contributed by atoms with Gasteiger partial charge in [0.05, 0.1) is 17.1 Å². The van der Waals surface area contributed by atoms with Gasteiger partial charge >= 0.3 is 0 Å². The first-order valence-electron chi connectivity index (χ1n) is 5.53. The Bertz CT molecular complexity index is 580. The van der Waals surface area contributed by atoms with E-state index < -0.39 is 0 Å². The lowest BCUT2D eigenvalue weighted by molar-refractivity contribution is 0.102. The van der Waals surface area contributed by atoms with E-state index in [2.05, 4.69) is 10.3 Å². The van der Waals surface area contributed by atoms with E-state index in [4.69, 9.17) is 0 Å². The molecule has 94 valence electrons. The summed E-state index contributed by atoms with van der Waals surface area (Å²) in [7, 11) is 0. The fraction of sp³-hybridized carbons (Fsp3) is 0.231. The Morgan fingerprint density at radius 2 is 2.28 bits per heavy atom. The number of hydrogen-bond acceptors (Lipinski definition) is 4.